The molecule has 4 unspecified atom stereocenters. The largest absolute Gasteiger partial charge is 0.469 e. The molecule has 0 radical (unpaired) electrons. The zero-order chi connectivity index (χ0) is 34.9. The molecule has 0 saturated carbocycles. The number of methoxy groups -OCH3 is 1. The third kappa shape index (κ3) is 25.2. The van der Waals surface area contributed by atoms with Crippen molar-refractivity contribution in [1.82, 2.24) is 0 Å². The first-order chi connectivity index (χ1) is 21.1. The number of hydrogen-bond donors (Lipinski definition) is 0. The topological polar surface area (TPSA) is 91.4 Å². The maximum Gasteiger partial charge on any atom is 0.308 e. The summed E-state index contributed by atoms with van der Waals surface area (Å²) >= 11 is 0. The van der Waals surface area contributed by atoms with Crippen LogP contribution in [0.4, 0.5) is 0 Å². The molecule has 1 rings (SSSR count). The van der Waals surface area contributed by atoms with Crippen molar-refractivity contribution < 1.29 is 33.3 Å². The van der Waals surface area contributed by atoms with Crippen LogP contribution in [-0.2, 0) is 33.3 Å². The third-order valence-corrected chi connectivity index (χ3v) is 7.56. The molecular weight excluding hydrogens is 568 g/mol. The summed E-state index contributed by atoms with van der Waals surface area (Å²) in [7, 11) is 1.42. The van der Waals surface area contributed by atoms with Crippen LogP contribution in [0.3, 0.4) is 0 Å². The van der Waals surface area contributed by atoms with Gasteiger partial charge >= 0.3 is 17.9 Å². The van der Waals surface area contributed by atoms with Crippen LogP contribution < -0.4 is 0 Å². The molecule has 7 heteroatoms. The lowest BCUT2D eigenvalue weighted by molar-refractivity contribution is -0.153. The lowest BCUT2D eigenvalue weighted by Gasteiger charge is -2.28. The van der Waals surface area contributed by atoms with Crippen molar-refractivity contribution >= 4 is 17.9 Å². The molecule has 0 aromatic rings. The second kappa shape index (κ2) is 25.5. The Morgan fingerprint density at radius 1 is 0.756 bits per heavy atom. The number of epoxide rings is 1. The van der Waals surface area contributed by atoms with Gasteiger partial charge in [-0.05, 0) is 85.3 Å². The van der Waals surface area contributed by atoms with Crippen LogP contribution in [0.2, 0.25) is 0 Å². The van der Waals surface area contributed by atoms with Crippen LogP contribution in [-0.4, -0.2) is 48.4 Å². The Morgan fingerprint density at radius 2 is 1.29 bits per heavy atom. The van der Waals surface area contributed by atoms with Gasteiger partial charge in [0.1, 0.15) is 11.2 Å². The van der Waals surface area contributed by atoms with E-state index in [1.54, 1.807) is 12.2 Å². The number of ether oxygens (including phenoxy) is 4. The molecule has 0 N–H and O–H groups in total. The normalized spacial score (nSPS) is 17.2. The van der Waals surface area contributed by atoms with Crippen molar-refractivity contribution in [3.8, 4) is 0 Å². The van der Waals surface area contributed by atoms with E-state index in [0.29, 0.717) is 12.5 Å². The smallest absolute Gasteiger partial charge is 0.308 e. The molecule has 0 spiro atoms. The van der Waals surface area contributed by atoms with Gasteiger partial charge in [-0.1, -0.05) is 88.8 Å². The van der Waals surface area contributed by atoms with Gasteiger partial charge in [-0.15, -0.1) is 0 Å². The summed E-state index contributed by atoms with van der Waals surface area (Å²) in [4.78, 5) is 32.8. The summed E-state index contributed by atoms with van der Waals surface area (Å²) in [5, 5.41) is 0. The second-order valence-corrected chi connectivity index (χ2v) is 12.5. The monoisotopic (exact) mass is 634 g/mol. The summed E-state index contributed by atoms with van der Waals surface area (Å²) < 4.78 is 20.5. The van der Waals surface area contributed by atoms with E-state index in [2.05, 4.69) is 64.7 Å². The van der Waals surface area contributed by atoms with Crippen molar-refractivity contribution in [2.24, 2.45) is 0 Å². The van der Waals surface area contributed by atoms with Crippen LogP contribution in [0, 0.1) is 0 Å². The number of unbranched alkanes of at least 4 members (excludes halogenated alkanes) is 5. The summed E-state index contributed by atoms with van der Waals surface area (Å²) in [6.07, 6.45) is 21.7. The Morgan fingerprint density at radius 3 is 1.73 bits per heavy atom. The molecule has 1 saturated heterocycles. The minimum atomic E-state index is -0.530. The van der Waals surface area contributed by atoms with E-state index in [1.807, 2.05) is 13.8 Å². The third-order valence-electron chi connectivity index (χ3n) is 7.56. The van der Waals surface area contributed by atoms with Gasteiger partial charge in [-0.2, -0.15) is 0 Å². The Bertz CT molecular complexity index is 926. The minimum absolute atomic E-state index is 0.142. The highest BCUT2D eigenvalue weighted by atomic mass is 16.6. The van der Waals surface area contributed by atoms with Gasteiger partial charge in [0.15, 0.2) is 0 Å². The first-order valence-electron chi connectivity index (χ1n) is 16.8. The van der Waals surface area contributed by atoms with E-state index in [9.17, 15) is 14.4 Å². The van der Waals surface area contributed by atoms with Crippen molar-refractivity contribution in [1.29, 1.82) is 0 Å². The first-order valence-corrected chi connectivity index (χ1v) is 16.8. The fourth-order valence-corrected chi connectivity index (χ4v) is 4.64. The quantitative estimate of drug-likeness (QED) is 0.0433. The van der Waals surface area contributed by atoms with Gasteiger partial charge in [-0.3, -0.25) is 14.4 Å². The van der Waals surface area contributed by atoms with Crippen molar-refractivity contribution in [2.45, 2.75) is 169 Å². The molecule has 260 valence electrons. The first kappa shape index (κ1) is 44.5. The van der Waals surface area contributed by atoms with Crippen LogP contribution in [0.25, 0.3) is 0 Å². The van der Waals surface area contributed by atoms with Crippen molar-refractivity contribution in [3.05, 3.63) is 48.6 Å². The molecule has 1 aliphatic rings. The van der Waals surface area contributed by atoms with Crippen molar-refractivity contribution in [2.75, 3.05) is 7.11 Å². The van der Waals surface area contributed by atoms with Crippen LogP contribution in [0.15, 0.2) is 48.6 Å². The number of carbonyl (C=O) groups excluding carboxylic acids is 3. The summed E-state index contributed by atoms with van der Waals surface area (Å²) in [6.45, 7) is 24.6. The summed E-state index contributed by atoms with van der Waals surface area (Å²) in [5.74, 6) is -0.658. The second-order valence-electron chi connectivity index (χ2n) is 12.5. The molecular formula is C38H66O7. The Labute approximate surface area is 275 Å². The number of rotatable bonds is 20. The highest BCUT2D eigenvalue weighted by Gasteiger charge is 2.39. The van der Waals surface area contributed by atoms with Crippen molar-refractivity contribution in [3.63, 3.8) is 0 Å². The van der Waals surface area contributed by atoms with E-state index in [1.165, 1.54) is 70.6 Å². The summed E-state index contributed by atoms with van der Waals surface area (Å²) in [6, 6.07) is 0. The lowest BCUT2D eigenvalue weighted by Crippen LogP contribution is -2.31. The molecule has 1 heterocycles. The number of hydrogen-bond acceptors (Lipinski definition) is 7. The van der Waals surface area contributed by atoms with E-state index in [-0.39, 0.29) is 24.0 Å². The highest BCUT2D eigenvalue weighted by Crippen LogP contribution is 2.30. The molecule has 45 heavy (non-hydrogen) atoms. The maximum absolute atomic E-state index is 11.0. The Balaban J connectivity index is 0. The molecule has 0 amide bonds. The lowest BCUT2D eigenvalue weighted by atomic mass is 9.94. The number of allylic oxidation sites excluding steroid dienone is 4. The molecule has 0 aromatic heterocycles. The molecule has 4 atom stereocenters. The van der Waals surface area contributed by atoms with Gasteiger partial charge in [0.2, 0.25) is 0 Å². The minimum Gasteiger partial charge on any atom is -0.469 e. The predicted octanol–water partition coefficient (Wildman–Crippen LogP) is 9.94. The van der Waals surface area contributed by atoms with E-state index in [4.69, 9.17) is 14.2 Å². The molecule has 1 fully saturated rings. The predicted molar refractivity (Wildman–Crippen MR) is 186 cm³/mol. The van der Waals surface area contributed by atoms with E-state index < -0.39 is 11.2 Å². The van der Waals surface area contributed by atoms with Gasteiger partial charge in [0.05, 0.1) is 25.7 Å². The van der Waals surface area contributed by atoms with Gasteiger partial charge in [0, 0.05) is 13.8 Å². The van der Waals surface area contributed by atoms with Gasteiger partial charge in [-0.25, -0.2) is 0 Å². The molecule has 0 aliphatic carbocycles. The number of carbonyl (C=O) groups is 3. The Hall–Kier alpha value is -2.67. The average Bonchev–Trinajstić information content (AvgIpc) is 3.71. The molecule has 1 aliphatic heterocycles. The zero-order valence-electron chi connectivity index (χ0n) is 30.4. The van der Waals surface area contributed by atoms with Gasteiger partial charge < -0.3 is 18.9 Å². The van der Waals surface area contributed by atoms with Crippen LogP contribution in [0.5, 0.6) is 0 Å². The van der Waals surface area contributed by atoms with Gasteiger partial charge in [0.25, 0.3) is 0 Å². The summed E-state index contributed by atoms with van der Waals surface area (Å²) in [5.41, 5.74) is 1.54. The number of esters is 3. The molecule has 0 bridgehead atoms. The Kier molecular flexibility index (Phi) is 25.2. The molecule has 7 nitrogen and oxygen atoms in total. The van der Waals surface area contributed by atoms with Crippen LogP contribution in [0.1, 0.15) is 146 Å². The zero-order valence-corrected chi connectivity index (χ0v) is 30.4. The van der Waals surface area contributed by atoms with E-state index in [0.717, 1.165) is 38.5 Å². The standard InChI is InChI=1S/C13H24O3.C13H22O2.C12H20O2/c1-3-4-5-6-7-8-9-11-12(16-11)10-13(14)15-2;1-6-13(7-2,15-12(5)14)10-8-9-11(3)4;1-6-12(5,14-11(4)13)9-7-8-10(2)3/h11-12H,3-10H2,1-2H3;6,9H,1,7-8,10H2,2-5H3;6,8H,1,7,9H2,2-5H3. The average molecular weight is 635 g/mol. The van der Waals surface area contributed by atoms with E-state index >= 15 is 0 Å². The fourth-order valence-electron chi connectivity index (χ4n) is 4.64. The SMILES string of the molecule is C=CC(C)(CCC=C(C)C)OC(C)=O.C=CC(CC)(CCC=C(C)C)OC(C)=O.CCCCCCCCC1OC1CC(=O)OC. The fraction of sp³-hybridized carbons (Fsp3) is 0.711. The highest BCUT2D eigenvalue weighted by molar-refractivity contribution is 5.70. The van der Waals surface area contributed by atoms with Crippen LogP contribution >= 0.6 is 0 Å². The maximum atomic E-state index is 11.0. The molecule has 0 aromatic carbocycles.